The first-order valence-corrected chi connectivity index (χ1v) is 7.70. The van der Waals surface area contributed by atoms with Crippen LogP contribution in [0.15, 0.2) is 41.8 Å². The van der Waals surface area contributed by atoms with Crippen LogP contribution in [-0.2, 0) is 5.75 Å². The van der Waals surface area contributed by atoms with Crippen LogP contribution in [0, 0.1) is 6.92 Å². The Balaban J connectivity index is 1.66. The Labute approximate surface area is 132 Å². The summed E-state index contributed by atoms with van der Waals surface area (Å²) >= 11 is 1.52. The van der Waals surface area contributed by atoms with E-state index in [0.717, 1.165) is 28.5 Å². The maximum absolute atomic E-state index is 5.14. The molecular weight excluding hydrogens is 298 g/mol. The lowest BCUT2D eigenvalue weighted by Gasteiger charge is -2.00. The number of ether oxygens (including phenoxy) is 1. The third kappa shape index (κ3) is 3.43. The first kappa shape index (κ1) is 14.5. The molecule has 6 nitrogen and oxygen atoms in total. The van der Waals surface area contributed by atoms with E-state index >= 15 is 0 Å². The Kier molecular flexibility index (Phi) is 4.34. The van der Waals surface area contributed by atoms with E-state index in [0.29, 0.717) is 10.9 Å². The number of hydrogen-bond donors (Lipinski definition) is 1. The van der Waals surface area contributed by atoms with Gasteiger partial charge < -0.3 is 4.74 Å². The SMILES string of the molecule is COc1ccc(-c2nc(SCc3cnc(C)cn3)n[nH]2)cc1. The van der Waals surface area contributed by atoms with E-state index in [1.807, 2.05) is 31.2 Å². The minimum Gasteiger partial charge on any atom is -0.497 e. The second-order valence-corrected chi connectivity index (χ2v) is 5.58. The molecule has 0 amide bonds. The second-order valence-electron chi connectivity index (χ2n) is 4.63. The van der Waals surface area contributed by atoms with Gasteiger partial charge in [-0.3, -0.25) is 15.1 Å². The van der Waals surface area contributed by atoms with Gasteiger partial charge in [0.15, 0.2) is 5.82 Å². The molecule has 0 saturated carbocycles. The lowest BCUT2D eigenvalue weighted by Crippen LogP contribution is -1.90. The van der Waals surface area contributed by atoms with Crippen LogP contribution < -0.4 is 4.74 Å². The second kappa shape index (κ2) is 6.57. The van der Waals surface area contributed by atoms with E-state index in [2.05, 4.69) is 25.1 Å². The van der Waals surface area contributed by atoms with Crippen molar-refractivity contribution in [1.82, 2.24) is 25.1 Å². The summed E-state index contributed by atoms with van der Waals surface area (Å²) in [5, 5.41) is 7.85. The van der Waals surface area contributed by atoms with Gasteiger partial charge in [0, 0.05) is 23.7 Å². The summed E-state index contributed by atoms with van der Waals surface area (Å²) < 4.78 is 5.14. The highest BCUT2D eigenvalue weighted by Gasteiger charge is 2.07. The minimum absolute atomic E-state index is 0.688. The number of rotatable bonds is 5. The van der Waals surface area contributed by atoms with Gasteiger partial charge in [0.2, 0.25) is 5.16 Å². The van der Waals surface area contributed by atoms with Gasteiger partial charge in [0.25, 0.3) is 0 Å². The molecule has 3 aromatic rings. The van der Waals surface area contributed by atoms with Crippen LogP contribution >= 0.6 is 11.8 Å². The lowest BCUT2D eigenvalue weighted by atomic mass is 10.2. The maximum Gasteiger partial charge on any atom is 0.209 e. The molecule has 0 aliphatic carbocycles. The molecule has 1 aromatic carbocycles. The third-order valence-electron chi connectivity index (χ3n) is 3.01. The van der Waals surface area contributed by atoms with E-state index in [1.54, 1.807) is 19.5 Å². The molecule has 0 atom stereocenters. The molecule has 0 bridgehead atoms. The lowest BCUT2D eigenvalue weighted by molar-refractivity contribution is 0.415. The highest BCUT2D eigenvalue weighted by Crippen LogP contribution is 2.23. The number of benzene rings is 1. The van der Waals surface area contributed by atoms with Gasteiger partial charge in [-0.05, 0) is 31.2 Å². The Bertz CT molecular complexity index is 739. The Morgan fingerprint density at radius 2 is 1.95 bits per heavy atom. The van der Waals surface area contributed by atoms with Crippen LogP contribution in [0.1, 0.15) is 11.4 Å². The predicted molar refractivity (Wildman–Crippen MR) is 84.7 cm³/mol. The van der Waals surface area contributed by atoms with Crippen molar-refractivity contribution in [2.24, 2.45) is 0 Å². The van der Waals surface area contributed by atoms with Crippen molar-refractivity contribution in [2.45, 2.75) is 17.8 Å². The predicted octanol–water partition coefficient (Wildman–Crippen LogP) is 2.87. The largest absolute Gasteiger partial charge is 0.497 e. The molecule has 0 radical (unpaired) electrons. The number of aromatic amines is 1. The van der Waals surface area contributed by atoms with Gasteiger partial charge >= 0.3 is 0 Å². The van der Waals surface area contributed by atoms with E-state index in [1.165, 1.54) is 11.8 Å². The molecule has 2 heterocycles. The molecule has 0 fully saturated rings. The highest BCUT2D eigenvalue weighted by atomic mass is 32.2. The maximum atomic E-state index is 5.14. The van der Waals surface area contributed by atoms with Gasteiger partial charge in [0.1, 0.15) is 5.75 Å². The number of aromatic nitrogens is 5. The smallest absolute Gasteiger partial charge is 0.209 e. The molecule has 1 N–H and O–H groups in total. The third-order valence-corrected chi connectivity index (χ3v) is 3.89. The summed E-state index contributed by atoms with van der Waals surface area (Å²) in [6, 6.07) is 7.68. The van der Waals surface area contributed by atoms with Crippen molar-refractivity contribution >= 4 is 11.8 Å². The summed E-state index contributed by atoms with van der Waals surface area (Å²) in [4.78, 5) is 13.0. The fourth-order valence-electron chi connectivity index (χ4n) is 1.82. The molecule has 22 heavy (non-hydrogen) atoms. The number of aryl methyl sites for hydroxylation is 1. The Morgan fingerprint density at radius 1 is 1.14 bits per heavy atom. The molecule has 0 unspecified atom stereocenters. The van der Waals surface area contributed by atoms with Crippen LogP contribution in [-0.4, -0.2) is 32.3 Å². The Morgan fingerprint density at radius 3 is 2.64 bits per heavy atom. The van der Waals surface area contributed by atoms with Crippen molar-refractivity contribution in [3.8, 4) is 17.1 Å². The van der Waals surface area contributed by atoms with Crippen LogP contribution in [0.2, 0.25) is 0 Å². The van der Waals surface area contributed by atoms with Gasteiger partial charge in [-0.1, -0.05) is 11.8 Å². The molecule has 0 aliphatic rings. The van der Waals surface area contributed by atoms with Gasteiger partial charge in [-0.25, -0.2) is 4.98 Å². The molecular formula is C15H15N5OS. The standard InChI is InChI=1S/C15H15N5OS/c1-10-7-17-12(8-16-10)9-22-15-18-14(19-20-15)11-3-5-13(21-2)6-4-11/h3-8H,9H2,1-2H3,(H,18,19,20). The van der Waals surface area contributed by atoms with Gasteiger partial charge in [-0.15, -0.1) is 5.10 Å². The summed E-state index contributed by atoms with van der Waals surface area (Å²) in [5.41, 5.74) is 2.79. The number of H-pyrrole nitrogens is 1. The number of hydrogen-bond acceptors (Lipinski definition) is 6. The van der Waals surface area contributed by atoms with Crippen molar-refractivity contribution in [3.05, 3.63) is 48.0 Å². The summed E-state index contributed by atoms with van der Waals surface area (Å²) in [6.45, 7) is 1.92. The molecule has 0 spiro atoms. The summed E-state index contributed by atoms with van der Waals surface area (Å²) in [7, 11) is 1.65. The van der Waals surface area contributed by atoms with Crippen molar-refractivity contribution < 1.29 is 4.74 Å². The number of thioether (sulfide) groups is 1. The average Bonchev–Trinajstić information content (AvgIpc) is 3.03. The zero-order valence-electron chi connectivity index (χ0n) is 12.3. The monoisotopic (exact) mass is 313 g/mol. The normalized spacial score (nSPS) is 10.6. The van der Waals surface area contributed by atoms with Crippen LogP contribution in [0.3, 0.4) is 0 Å². The number of nitrogens with one attached hydrogen (secondary N) is 1. The van der Waals surface area contributed by atoms with Gasteiger partial charge in [-0.2, -0.15) is 0 Å². The highest BCUT2D eigenvalue weighted by molar-refractivity contribution is 7.98. The van der Waals surface area contributed by atoms with E-state index < -0.39 is 0 Å². The van der Waals surface area contributed by atoms with Crippen molar-refractivity contribution in [3.63, 3.8) is 0 Å². The minimum atomic E-state index is 0.688. The molecule has 0 aliphatic heterocycles. The molecule has 3 rings (SSSR count). The van der Waals surface area contributed by atoms with E-state index in [4.69, 9.17) is 4.74 Å². The molecule has 7 heteroatoms. The molecule has 0 saturated heterocycles. The van der Waals surface area contributed by atoms with Crippen LogP contribution in [0.25, 0.3) is 11.4 Å². The van der Waals surface area contributed by atoms with Crippen LogP contribution in [0.4, 0.5) is 0 Å². The quantitative estimate of drug-likeness (QED) is 0.730. The summed E-state index contributed by atoms with van der Waals surface area (Å²) in [5.74, 6) is 2.24. The van der Waals surface area contributed by atoms with Gasteiger partial charge in [0.05, 0.1) is 18.5 Å². The Hall–Kier alpha value is -2.41. The van der Waals surface area contributed by atoms with Crippen molar-refractivity contribution in [2.75, 3.05) is 7.11 Å². The number of nitrogens with zero attached hydrogens (tertiary/aromatic N) is 4. The average molecular weight is 313 g/mol. The summed E-state index contributed by atoms with van der Waals surface area (Å²) in [6.07, 6.45) is 3.54. The number of methoxy groups -OCH3 is 1. The zero-order valence-corrected chi connectivity index (χ0v) is 13.1. The molecule has 112 valence electrons. The van der Waals surface area contributed by atoms with Crippen molar-refractivity contribution in [1.29, 1.82) is 0 Å². The van der Waals surface area contributed by atoms with Crippen LogP contribution in [0.5, 0.6) is 5.75 Å². The van der Waals surface area contributed by atoms with E-state index in [9.17, 15) is 0 Å². The fraction of sp³-hybridized carbons (Fsp3) is 0.200. The topological polar surface area (TPSA) is 76.6 Å². The first-order chi connectivity index (χ1) is 10.7. The molecule has 2 aromatic heterocycles. The first-order valence-electron chi connectivity index (χ1n) is 6.72. The fourth-order valence-corrected chi connectivity index (χ4v) is 2.51. The zero-order chi connectivity index (χ0) is 15.4. The van der Waals surface area contributed by atoms with E-state index in [-0.39, 0.29) is 0 Å².